The van der Waals surface area contributed by atoms with Crippen LogP contribution in [0.1, 0.15) is 61.5 Å². The molecule has 2 heterocycles. The van der Waals surface area contributed by atoms with Crippen molar-refractivity contribution < 1.29 is 27.1 Å². The molecule has 1 amide bonds. The summed E-state index contributed by atoms with van der Waals surface area (Å²) in [4.78, 5) is 11.6. The lowest BCUT2D eigenvalue weighted by molar-refractivity contribution is -0.161. The Morgan fingerprint density at radius 2 is 1.89 bits per heavy atom. The normalized spacial score (nSPS) is 25.1. The maximum Gasteiger partial charge on any atom is 0.246 e. The minimum atomic E-state index is -3.68. The van der Waals surface area contributed by atoms with E-state index in [4.69, 9.17) is 15.2 Å². The highest BCUT2D eigenvalue weighted by Gasteiger charge is 2.42. The van der Waals surface area contributed by atoms with Crippen molar-refractivity contribution in [1.29, 1.82) is 0 Å². The van der Waals surface area contributed by atoms with Crippen LogP contribution in [0.2, 0.25) is 0 Å². The zero-order valence-corrected chi connectivity index (χ0v) is 21.0. The fourth-order valence-corrected chi connectivity index (χ4v) is 7.24. The molecule has 7 nitrogen and oxygen atoms in total. The van der Waals surface area contributed by atoms with Crippen molar-refractivity contribution in [3.63, 3.8) is 0 Å². The Balaban J connectivity index is 1.61. The third-order valence-corrected chi connectivity index (χ3v) is 9.57. The molecule has 2 aliphatic rings. The zero-order chi connectivity index (χ0) is 25.2. The summed E-state index contributed by atoms with van der Waals surface area (Å²) in [5, 5.41) is -0.642. The first-order valence-electron chi connectivity index (χ1n) is 12.0. The topological polar surface area (TPSA) is 98.9 Å². The Kier molecular flexibility index (Phi) is 7.61. The van der Waals surface area contributed by atoms with E-state index in [2.05, 4.69) is 0 Å². The minimum absolute atomic E-state index is 0.0480. The van der Waals surface area contributed by atoms with E-state index < -0.39 is 38.7 Å². The van der Waals surface area contributed by atoms with E-state index in [-0.39, 0.29) is 12.6 Å². The van der Waals surface area contributed by atoms with Gasteiger partial charge in [0.2, 0.25) is 15.9 Å². The van der Waals surface area contributed by atoms with Crippen LogP contribution in [-0.2, 0) is 36.4 Å². The second kappa shape index (κ2) is 10.3. The molecule has 2 aromatic rings. The number of sulfonamides is 1. The fraction of sp³-hybridized carbons (Fsp3) is 0.500. The summed E-state index contributed by atoms with van der Waals surface area (Å²) < 4.78 is 55.4. The van der Waals surface area contributed by atoms with E-state index in [9.17, 15) is 13.2 Å². The second-order valence-corrected chi connectivity index (χ2v) is 11.6. The highest BCUT2D eigenvalue weighted by atomic mass is 32.2. The van der Waals surface area contributed by atoms with Gasteiger partial charge >= 0.3 is 0 Å². The molecule has 9 heteroatoms. The molecule has 2 N–H and O–H groups in total. The lowest BCUT2D eigenvalue weighted by Gasteiger charge is -2.39. The number of primary amides is 1. The Labute approximate surface area is 206 Å². The summed E-state index contributed by atoms with van der Waals surface area (Å²) in [6.45, 7) is 4.23. The Morgan fingerprint density at radius 1 is 1.20 bits per heavy atom. The van der Waals surface area contributed by atoms with E-state index in [0.717, 1.165) is 5.56 Å². The predicted molar refractivity (Wildman–Crippen MR) is 130 cm³/mol. The van der Waals surface area contributed by atoms with Gasteiger partial charge in [-0.2, -0.15) is 4.31 Å². The summed E-state index contributed by atoms with van der Waals surface area (Å²) in [6, 6.07) is 13.7. The molecule has 1 unspecified atom stereocenters. The summed E-state index contributed by atoms with van der Waals surface area (Å²) in [5.41, 5.74) is 6.15. The highest BCUT2D eigenvalue weighted by Crippen LogP contribution is 2.40. The van der Waals surface area contributed by atoms with Crippen molar-refractivity contribution in [2.45, 2.75) is 69.1 Å². The molecule has 2 aliphatic heterocycles. The van der Waals surface area contributed by atoms with Gasteiger partial charge in [0, 0.05) is 44.2 Å². The molecule has 0 bridgehead atoms. The number of carbonyl (C=O) groups is 1. The average Bonchev–Trinajstić information content (AvgIpc) is 2.83. The van der Waals surface area contributed by atoms with Crippen LogP contribution in [0.5, 0.6) is 0 Å². The molecule has 0 aliphatic carbocycles. The summed E-state index contributed by atoms with van der Waals surface area (Å²) in [7, 11) is -3.68. The third kappa shape index (κ3) is 5.28. The molecular formula is C26H33FN2O5S. The molecule has 190 valence electrons. The van der Waals surface area contributed by atoms with Crippen LogP contribution in [0.25, 0.3) is 0 Å². The number of nitrogens with zero attached hydrogens (tertiary/aromatic N) is 1. The van der Waals surface area contributed by atoms with Gasteiger partial charge < -0.3 is 15.2 Å². The van der Waals surface area contributed by atoms with E-state index in [1.165, 1.54) is 10.4 Å². The first-order valence-corrected chi connectivity index (χ1v) is 13.5. The van der Waals surface area contributed by atoms with Crippen molar-refractivity contribution in [3.8, 4) is 0 Å². The largest absolute Gasteiger partial charge is 0.381 e. The number of ether oxygens (including phenoxy) is 2. The van der Waals surface area contributed by atoms with Crippen molar-refractivity contribution in [3.05, 3.63) is 71.0 Å². The van der Waals surface area contributed by atoms with Crippen LogP contribution in [0.3, 0.4) is 0 Å². The number of benzene rings is 2. The molecule has 0 radical (unpaired) electrons. The Morgan fingerprint density at radius 3 is 2.51 bits per heavy atom. The van der Waals surface area contributed by atoms with Crippen molar-refractivity contribution in [2.24, 2.45) is 5.73 Å². The first-order chi connectivity index (χ1) is 16.6. The van der Waals surface area contributed by atoms with Gasteiger partial charge in [0.1, 0.15) is 17.2 Å². The number of hydrogen-bond acceptors (Lipinski definition) is 5. The molecule has 4 rings (SSSR count). The lowest BCUT2D eigenvalue weighted by Crippen LogP contribution is -2.45. The van der Waals surface area contributed by atoms with E-state index in [0.29, 0.717) is 50.0 Å². The first kappa shape index (κ1) is 25.8. The van der Waals surface area contributed by atoms with Gasteiger partial charge in [-0.05, 0) is 43.9 Å². The molecule has 0 spiro atoms. The van der Waals surface area contributed by atoms with Crippen LogP contribution >= 0.6 is 0 Å². The van der Waals surface area contributed by atoms with Gasteiger partial charge in [0.15, 0.2) is 0 Å². The van der Waals surface area contributed by atoms with Crippen molar-refractivity contribution in [1.82, 2.24) is 4.31 Å². The van der Waals surface area contributed by atoms with Crippen molar-refractivity contribution >= 4 is 15.9 Å². The van der Waals surface area contributed by atoms with Crippen LogP contribution in [0, 0.1) is 5.82 Å². The standard InChI is InChI=1S/C26H33FN2O5S/c1-18-8-11-24(20-6-4-3-5-7-20)35(31,32)29(18)17-21-9-10-22(16-23(21)27)26(12-14-33-15-13-26)34-19(2)25(28)30/h3-7,9-10,16,18-19,24H,8,11-15,17H2,1-2H3,(H2,28,30)/t18-,19?,24+/m0/s1. The smallest absolute Gasteiger partial charge is 0.246 e. The molecule has 2 fully saturated rings. The summed E-state index contributed by atoms with van der Waals surface area (Å²) >= 11 is 0. The molecule has 3 atom stereocenters. The number of hydrogen-bond donors (Lipinski definition) is 1. The van der Waals surface area contributed by atoms with Gasteiger partial charge in [0.05, 0.1) is 5.60 Å². The van der Waals surface area contributed by atoms with Crippen LogP contribution in [0.4, 0.5) is 4.39 Å². The maximum absolute atomic E-state index is 15.4. The molecule has 2 saturated heterocycles. The third-order valence-electron chi connectivity index (χ3n) is 7.20. The van der Waals surface area contributed by atoms with Gasteiger partial charge in [-0.15, -0.1) is 0 Å². The van der Waals surface area contributed by atoms with Gasteiger partial charge in [0.25, 0.3) is 0 Å². The number of rotatable bonds is 7. The molecule has 35 heavy (non-hydrogen) atoms. The fourth-order valence-electron chi connectivity index (χ4n) is 5.05. The van der Waals surface area contributed by atoms with Gasteiger partial charge in [-0.3, -0.25) is 4.79 Å². The number of nitrogens with two attached hydrogens (primary N) is 1. The van der Waals surface area contributed by atoms with Crippen LogP contribution in [0.15, 0.2) is 48.5 Å². The summed E-state index contributed by atoms with van der Waals surface area (Å²) in [6.07, 6.45) is 1.30. The molecule has 0 aromatic heterocycles. The highest BCUT2D eigenvalue weighted by molar-refractivity contribution is 7.89. The Hall–Kier alpha value is -2.33. The number of carbonyl (C=O) groups excluding carboxylic acids is 1. The monoisotopic (exact) mass is 504 g/mol. The number of halogens is 1. The molecule has 0 saturated carbocycles. The quantitative estimate of drug-likeness (QED) is 0.619. The molecule has 2 aromatic carbocycles. The van der Waals surface area contributed by atoms with E-state index in [1.807, 2.05) is 37.3 Å². The van der Waals surface area contributed by atoms with E-state index in [1.54, 1.807) is 19.1 Å². The lowest BCUT2D eigenvalue weighted by atomic mass is 9.85. The van der Waals surface area contributed by atoms with Crippen LogP contribution < -0.4 is 5.73 Å². The van der Waals surface area contributed by atoms with Crippen molar-refractivity contribution in [2.75, 3.05) is 13.2 Å². The second-order valence-electron chi connectivity index (χ2n) is 9.49. The predicted octanol–water partition coefficient (Wildman–Crippen LogP) is 3.78. The SMILES string of the molecule is CC(OC1(c2ccc(CN3[C@@H](C)CC[C@H](c4ccccc4)S3(=O)=O)c(F)c2)CCOCC1)C(N)=O. The minimum Gasteiger partial charge on any atom is -0.381 e. The van der Waals surface area contributed by atoms with Gasteiger partial charge in [-0.1, -0.05) is 42.5 Å². The van der Waals surface area contributed by atoms with Crippen LogP contribution in [-0.4, -0.2) is 44.0 Å². The van der Waals surface area contributed by atoms with Gasteiger partial charge in [-0.25, -0.2) is 12.8 Å². The summed E-state index contributed by atoms with van der Waals surface area (Å²) in [5.74, 6) is -1.10. The van der Waals surface area contributed by atoms with E-state index >= 15 is 4.39 Å². The maximum atomic E-state index is 15.4. The Bertz CT molecular complexity index is 1150. The average molecular weight is 505 g/mol. The zero-order valence-electron chi connectivity index (χ0n) is 20.2. The molecular weight excluding hydrogens is 471 g/mol. The number of amides is 1.